The van der Waals surface area contributed by atoms with Crippen LogP contribution >= 0.6 is 0 Å². The summed E-state index contributed by atoms with van der Waals surface area (Å²) in [5.41, 5.74) is 4.71. The zero-order valence-electron chi connectivity index (χ0n) is 19.9. The van der Waals surface area contributed by atoms with Gasteiger partial charge in [-0.25, -0.2) is 0 Å². The first-order valence-corrected chi connectivity index (χ1v) is 11.6. The number of benzene rings is 3. The summed E-state index contributed by atoms with van der Waals surface area (Å²) in [6.07, 6.45) is 6.13. The van der Waals surface area contributed by atoms with Gasteiger partial charge in [0.1, 0.15) is 5.82 Å². The lowest BCUT2D eigenvalue weighted by Crippen LogP contribution is -2.14. The van der Waals surface area contributed by atoms with Crippen LogP contribution in [0, 0.1) is 0 Å². The van der Waals surface area contributed by atoms with E-state index < -0.39 is 0 Å². The predicted molar refractivity (Wildman–Crippen MR) is 141 cm³/mol. The van der Waals surface area contributed by atoms with Gasteiger partial charge in [0.15, 0.2) is 0 Å². The molecule has 1 heterocycles. The van der Waals surface area contributed by atoms with Crippen molar-refractivity contribution in [1.82, 2.24) is 9.78 Å². The summed E-state index contributed by atoms with van der Waals surface area (Å²) in [5.74, 6) is 0.255. The Hall–Kier alpha value is -4.45. The molecule has 0 saturated carbocycles. The van der Waals surface area contributed by atoms with Gasteiger partial charge in [0.25, 0.3) is 11.8 Å². The van der Waals surface area contributed by atoms with Crippen molar-refractivity contribution in [3.63, 3.8) is 0 Å². The second-order valence-corrected chi connectivity index (χ2v) is 8.19. The average molecular weight is 465 g/mol. The van der Waals surface area contributed by atoms with Crippen LogP contribution in [0.3, 0.4) is 0 Å². The minimum atomic E-state index is -0.191. The third-order valence-corrected chi connectivity index (χ3v) is 5.65. The standard InChI is InChI=1S/C29H28N4O2/c1-3-4-6-9-21-12-14-24(15-13-21)28(34)30-25-18-16-22(17-19-25)26-20-27(33(2)32-26)31-29(35)23-10-7-5-8-11-23/h3-5,7-8,10-20H,6,9H2,1-2H3,(H,30,34)(H,31,35)/b4-3-. The first-order valence-electron chi connectivity index (χ1n) is 11.6. The van der Waals surface area contributed by atoms with Gasteiger partial charge in [-0.1, -0.05) is 54.6 Å². The van der Waals surface area contributed by atoms with Gasteiger partial charge < -0.3 is 10.6 Å². The number of allylic oxidation sites excluding steroid dienone is 2. The fourth-order valence-electron chi connectivity index (χ4n) is 3.67. The molecule has 2 amide bonds. The number of aryl methyl sites for hydroxylation is 2. The van der Waals surface area contributed by atoms with Gasteiger partial charge in [-0.05, 0) is 61.7 Å². The molecule has 0 saturated heterocycles. The van der Waals surface area contributed by atoms with E-state index in [2.05, 4.69) is 21.8 Å². The molecule has 0 atom stereocenters. The first-order chi connectivity index (χ1) is 17.0. The van der Waals surface area contributed by atoms with E-state index in [1.165, 1.54) is 5.56 Å². The number of anilines is 2. The van der Waals surface area contributed by atoms with Crippen LogP contribution in [0.25, 0.3) is 11.3 Å². The molecule has 0 aliphatic carbocycles. The second-order valence-electron chi connectivity index (χ2n) is 8.19. The van der Waals surface area contributed by atoms with Crippen LogP contribution in [0.1, 0.15) is 39.6 Å². The molecule has 176 valence electrons. The van der Waals surface area contributed by atoms with Crippen molar-refractivity contribution >= 4 is 23.3 Å². The summed E-state index contributed by atoms with van der Waals surface area (Å²) in [6, 6.07) is 26.0. The highest BCUT2D eigenvalue weighted by Gasteiger charge is 2.12. The molecular weight excluding hydrogens is 436 g/mol. The smallest absolute Gasteiger partial charge is 0.256 e. The van der Waals surface area contributed by atoms with E-state index in [9.17, 15) is 9.59 Å². The third-order valence-electron chi connectivity index (χ3n) is 5.65. The van der Waals surface area contributed by atoms with Crippen molar-refractivity contribution in [2.45, 2.75) is 19.8 Å². The molecule has 0 spiro atoms. The maximum atomic E-state index is 12.6. The van der Waals surface area contributed by atoms with Gasteiger partial charge in [0.2, 0.25) is 0 Å². The summed E-state index contributed by atoms with van der Waals surface area (Å²) in [6.45, 7) is 2.01. The highest BCUT2D eigenvalue weighted by Crippen LogP contribution is 2.24. The number of rotatable bonds is 8. The number of hydrogen-bond donors (Lipinski definition) is 2. The Morgan fingerprint density at radius 3 is 2.20 bits per heavy atom. The fourth-order valence-corrected chi connectivity index (χ4v) is 3.67. The monoisotopic (exact) mass is 464 g/mol. The van der Waals surface area contributed by atoms with Gasteiger partial charge in [-0.15, -0.1) is 0 Å². The van der Waals surface area contributed by atoms with E-state index in [1.807, 2.05) is 85.8 Å². The Morgan fingerprint density at radius 1 is 0.857 bits per heavy atom. The van der Waals surface area contributed by atoms with Crippen molar-refractivity contribution in [3.8, 4) is 11.3 Å². The van der Waals surface area contributed by atoms with Crippen molar-refractivity contribution in [1.29, 1.82) is 0 Å². The molecule has 0 unspecified atom stereocenters. The van der Waals surface area contributed by atoms with Gasteiger partial charge in [-0.3, -0.25) is 14.3 Å². The molecule has 0 aliphatic heterocycles. The molecule has 6 heteroatoms. The molecule has 1 aromatic heterocycles. The summed E-state index contributed by atoms with van der Waals surface area (Å²) < 4.78 is 1.63. The zero-order chi connectivity index (χ0) is 24.6. The molecule has 0 fully saturated rings. The van der Waals surface area contributed by atoms with E-state index in [4.69, 9.17) is 0 Å². The quantitative estimate of drug-likeness (QED) is 0.309. The molecule has 6 nitrogen and oxygen atoms in total. The van der Waals surface area contributed by atoms with Gasteiger partial charge in [-0.2, -0.15) is 5.10 Å². The molecule has 0 radical (unpaired) electrons. The second kappa shape index (κ2) is 11.1. The van der Waals surface area contributed by atoms with Gasteiger partial charge >= 0.3 is 0 Å². The number of nitrogens with one attached hydrogen (secondary N) is 2. The Bertz CT molecular complexity index is 1320. The normalized spacial score (nSPS) is 10.9. The first kappa shape index (κ1) is 23.7. The molecular formula is C29H28N4O2. The lowest BCUT2D eigenvalue weighted by atomic mass is 10.1. The molecule has 35 heavy (non-hydrogen) atoms. The van der Waals surface area contributed by atoms with E-state index in [-0.39, 0.29) is 11.8 Å². The largest absolute Gasteiger partial charge is 0.322 e. The van der Waals surface area contributed by atoms with Crippen LogP contribution in [0.5, 0.6) is 0 Å². The van der Waals surface area contributed by atoms with Crippen molar-refractivity contribution in [2.75, 3.05) is 10.6 Å². The van der Waals surface area contributed by atoms with Crippen molar-refractivity contribution in [2.24, 2.45) is 7.05 Å². The number of hydrogen-bond acceptors (Lipinski definition) is 3. The summed E-state index contributed by atoms with van der Waals surface area (Å²) in [5, 5.41) is 10.3. The highest BCUT2D eigenvalue weighted by atomic mass is 16.2. The predicted octanol–water partition coefficient (Wildman–Crippen LogP) is 6.10. The lowest BCUT2D eigenvalue weighted by Gasteiger charge is -2.07. The SMILES string of the molecule is C/C=C\CCc1ccc(C(=O)Nc2ccc(-c3cc(NC(=O)c4ccccc4)n(C)n3)cc2)cc1. The van der Waals surface area contributed by atoms with E-state index >= 15 is 0 Å². The molecule has 3 aromatic carbocycles. The molecule has 4 aromatic rings. The maximum Gasteiger partial charge on any atom is 0.256 e. The van der Waals surface area contributed by atoms with Crippen LogP contribution in [0.4, 0.5) is 11.5 Å². The lowest BCUT2D eigenvalue weighted by molar-refractivity contribution is 0.101. The van der Waals surface area contributed by atoms with Crippen molar-refractivity contribution in [3.05, 3.63) is 114 Å². The number of amides is 2. The number of carbonyl (C=O) groups is 2. The van der Waals surface area contributed by atoms with Crippen LogP contribution < -0.4 is 10.6 Å². The number of carbonyl (C=O) groups excluding carboxylic acids is 2. The van der Waals surface area contributed by atoms with E-state index in [0.717, 1.165) is 24.1 Å². The third kappa shape index (κ3) is 6.12. The van der Waals surface area contributed by atoms with Crippen LogP contribution in [-0.2, 0) is 13.5 Å². The van der Waals surface area contributed by atoms with Gasteiger partial charge in [0, 0.05) is 35.5 Å². The minimum absolute atomic E-state index is 0.151. The molecule has 0 aliphatic rings. The van der Waals surface area contributed by atoms with E-state index in [0.29, 0.717) is 22.6 Å². The van der Waals surface area contributed by atoms with Crippen LogP contribution in [0.15, 0.2) is 97.1 Å². The molecule has 0 bridgehead atoms. The van der Waals surface area contributed by atoms with Crippen LogP contribution in [-0.4, -0.2) is 21.6 Å². The fraction of sp³-hybridized carbons (Fsp3) is 0.138. The minimum Gasteiger partial charge on any atom is -0.322 e. The van der Waals surface area contributed by atoms with E-state index in [1.54, 1.807) is 23.9 Å². The topological polar surface area (TPSA) is 76.0 Å². The average Bonchev–Trinajstić information content (AvgIpc) is 3.25. The maximum absolute atomic E-state index is 12.6. The Balaban J connectivity index is 1.38. The highest BCUT2D eigenvalue weighted by molar-refractivity contribution is 6.05. The molecule has 4 rings (SSSR count). The Kier molecular flexibility index (Phi) is 7.53. The summed E-state index contributed by atoms with van der Waals surface area (Å²) >= 11 is 0. The number of nitrogens with zero attached hydrogens (tertiary/aromatic N) is 2. The van der Waals surface area contributed by atoms with Gasteiger partial charge in [0.05, 0.1) is 5.69 Å². The summed E-state index contributed by atoms with van der Waals surface area (Å²) in [7, 11) is 1.78. The number of aromatic nitrogens is 2. The Morgan fingerprint density at radius 2 is 1.51 bits per heavy atom. The molecule has 2 N–H and O–H groups in total. The van der Waals surface area contributed by atoms with Crippen LogP contribution in [0.2, 0.25) is 0 Å². The van der Waals surface area contributed by atoms with Crippen molar-refractivity contribution < 1.29 is 9.59 Å². The zero-order valence-corrected chi connectivity index (χ0v) is 19.9. The summed E-state index contributed by atoms with van der Waals surface area (Å²) in [4.78, 5) is 25.1. The Labute approximate surface area is 205 Å².